The standard InChI is InChI=1S/C28H26FN5O2/c1-17-6-7-18(16-32-17)8-9-19-13-20(30-2)14-22-26(19)33-27(24-5-4-12-31-24)34(28(22)35)21-10-11-25(36-3)23(29)15-21/h6-7,10-11,13-16,24,31H,4-5,8-9,12H2,1,3H3. The molecule has 1 atom stereocenters. The fourth-order valence-corrected chi connectivity index (χ4v) is 4.72. The highest BCUT2D eigenvalue weighted by Gasteiger charge is 2.25. The zero-order valence-corrected chi connectivity index (χ0v) is 20.2. The van der Waals surface area contributed by atoms with Crippen molar-refractivity contribution in [2.75, 3.05) is 13.7 Å². The van der Waals surface area contributed by atoms with Crippen molar-refractivity contribution >= 4 is 16.6 Å². The van der Waals surface area contributed by atoms with Crippen molar-refractivity contribution in [3.63, 3.8) is 0 Å². The van der Waals surface area contributed by atoms with Gasteiger partial charge in [-0.25, -0.2) is 14.2 Å². The van der Waals surface area contributed by atoms with Gasteiger partial charge in [-0.15, -0.1) is 0 Å². The molecule has 0 saturated carbocycles. The van der Waals surface area contributed by atoms with Gasteiger partial charge in [0.05, 0.1) is 36.3 Å². The molecule has 1 N–H and O–H groups in total. The zero-order chi connectivity index (χ0) is 25.2. The molecule has 0 bridgehead atoms. The minimum absolute atomic E-state index is 0.101. The molecule has 182 valence electrons. The number of ether oxygens (including phenoxy) is 1. The maximum atomic E-state index is 14.6. The number of nitrogens with zero attached hydrogens (tertiary/aromatic N) is 4. The molecule has 3 heterocycles. The van der Waals surface area contributed by atoms with Gasteiger partial charge in [0.2, 0.25) is 0 Å². The number of halogens is 1. The molecule has 1 aliphatic heterocycles. The van der Waals surface area contributed by atoms with Gasteiger partial charge < -0.3 is 10.1 Å². The van der Waals surface area contributed by atoms with Crippen molar-refractivity contribution in [1.82, 2.24) is 19.9 Å². The minimum Gasteiger partial charge on any atom is -0.494 e. The van der Waals surface area contributed by atoms with Crippen LogP contribution in [0, 0.1) is 19.3 Å². The molecule has 36 heavy (non-hydrogen) atoms. The Hall–Kier alpha value is -4.09. The lowest BCUT2D eigenvalue weighted by Gasteiger charge is -2.20. The van der Waals surface area contributed by atoms with Crippen molar-refractivity contribution < 1.29 is 9.13 Å². The summed E-state index contributed by atoms with van der Waals surface area (Å²) in [5.41, 5.74) is 3.86. The van der Waals surface area contributed by atoms with Crippen LogP contribution in [0.2, 0.25) is 0 Å². The first-order valence-electron chi connectivity index (χ1n) is 11.9. The first-order chi connectivity index (χ1) is 17.5. The number of hydrogen-bond acceptors (Lipinski definition) is 5. The largest absolute Gasteiger partial charge is 0.494 e. The molecule has 8 heteroatoms. The number of pyridine rings is 1. The van der Waals surface area contributed by atoms with Gasteiger partial charge in [-0.3, -0.25) is 14.3 Å². The Morgan fingerprint density at radius 1 is 1.22 bits per heavy atom. The highest BCUT2D eigenvalue weighted by atomic mass is 19.1. The summed E-state index contributed by atoms with van der Waals surface area (Å²) >= 11 is 0. The first kappa shape index (κ1) is 23.6. The number of methoxy groups -OCH3 is 1. The van der Waals surface area contributed by atoms with E-state index >= 15 is 0 Å². The second-order valence-electron chi connectivity index (χ2n) is 9.00. The molecule has 7 nitrogen and oxygen atoms in total. The van der Waals surface area contributed by atoms with E-state index in [-0.39, 0.29) is 17.4 Å². The fourth-order valence-electron chi connectivity index (χ4n) is 4.72. The van der Waals surface area contributed by atoms with Gasteiger partial charge in [-0.05, 0) is 74.5 Å². The smallest absolute Gasteiger partial charge is 0.264 e. The van der Waals surface area contributed by atoms with Crippen LogP contribution in [0.1, 0.15) is 41.5 Å². The van der Waals surface area contributed by atoms with Crippen LogP contribution < -0.4 is 15.6 Å². The van der Waals surface area contributed by atoms with E-state index in [9.17, 15) is 9.18 Å². The summed E-state index contributed by atoms with van der Waals surface area (Å²) in [5.74, 6) is 0.0854. The second-order valence-corrected chi connectivity index (χ2v) is 9.00. The molecular formula is C28H26FN5O2. The molecule has 2 aromatic carbocycles. The molecule has 1 saturated heterocycles. The lowest BCUT2D eigenvalue weighted by atomic mass is 10.0. The van der Waals surface area contributed by atoms with E-state index in [1.807, 2.05) is 31.3 Å². The lowest BCUT2D eigenvalue weighted by molar-refractivity contribution is 0.386. The maximum absolute atomic E-state index is 14.6. The van der Waals surface area contributed by atoms with E-state index in [0.717, 1.165) is 36.2 Å². The number of rotatable bonds is 6. The molecular weight excluding hydrogens is 457 g/mol. The van der Waals surface area contributed by atoms with Crippen LogP contribution in [-0.2, 0) is 12.8 Å². The Morgan fingerprint density at radius 2 is 2.08 bits per heavy atom. The average Bonchev–Trinajstić information content (AvgIpc) is 3.43. The Balaban J connectivity index is 1.70. The molecule has 2 aromatic heterocycles. The summed E-state index contributed by atoms with van der Waals surface area (Å²) in [6.45, 7) is 10.3. The van der Waals surface area contributed by atoms with Crippen LogP contribution in [0.3, 0.4) is 0 Å². The Bertz CT molecular complexity index is 1530. The van der Waals surface area contributed by atoms with E-state index in [1.165, 1.54) is 23.8 Å². The summed E-state index contributed by atoms with van der Waals surface area (Å²) in [6.07, 6.45) is 4.94. The van der Waals surface area contributed by atoms with Crippen molar-refractivity contribution in [2.45, 2.75) is 38.6 Å². The number of aromatic nitrogens is 3. The van der Waals surface area contributed by atoms with Crippen LogP contribution in [-0.4, -0.2) is 28.2 Å². The number of aryl methyl sites for hydroxylation is 3. The maximum Gasteiger partial charge on any atom is 0.264 e. The normalized spacial score (nSPS) is 15.2. The predicted molar refractivity (Wildman–Crippen MR) is 136 cm³/mol. The Labute approximate surface area is 208 Å². The Kier molecular flexibility index (Phi) is 6.49. The topological polar surface area (TPSA) is 73.4 Å². The summed E-state index contributed by atoms with van der Waals surface area (Å²) in [7, 11) is 1.40. The van der Waals surface area contributed by atoms with Crippen LogP contribution in [0.4, 0.5) is 10.1 Å². The number of benzene rings is 2. The molecule has 0 spiro atoms. The summed E-state index contributed by atoms with van der Waals surface area (Å²) in [6, 6.07) is 11.7. The van der Waals surface area contributed by atoms with E-state index < -0.39 is 5.82 Å². The van der Waals surface area contributed by atoms with Crippen molar-refractivity contribution in [1.29, 1.82) is 0 Å². The molecule has 1 fully saturated rings. The van der Waals surface area contributed by atoms with Crippen LogP contribution >= 0.6 is 0 Å². The molecule has 0 amide bonds. The monoisotopic (exact) mass is 483 g/mol. The molecule has 1 unspecified atom stereocenters. The molecule has 5 rings (SSSR count). The number of fused-ring (bicyclic) bond motifs is 1. The second kappa shape index (κ2) is 9.88. The van der Waals surface area contributed by atoms with Crippen molar-refractivity contribution in [2.24, 2.45) is 0 Å². The summed E-state index contributed by atoms with van der Waals surface area (Å²) < 4.78 is 21.2. The quantitative estimate of drug-likeness (QED) is 0.391. The third-order valence-electron chi connectivity index (χ3n) is 6.61. The van der Waals surface area contributed by atoms with Crippen LogP contribution in [0.15, 0.2) is 53.5 Å². The van der Waals surface area contributed by atoms with Gasteiger partial charge in [0, 0.05) is 18.0 Å². The third-order valence-corrected chi connectivity index (χ3v) is 6.61. The predicted octanol–water partition coefficient (Wildman–Crippen LogP) is 5.00. The average molecular weight is 484 g/mol. The third kappa shape index (κ3) is 4.45. The lowest BCUT2D eigenvalue weighted by Crippen LogP contribution is -2.29. The van der Waals surface area contributed by atoms with Crippen molar-refractivity contribution in [3.8, 4) is 11.4 Å². The SMILES string of the molecule is [C-]#[N+]c1cc(CCc2ccc(C)nc2)c2nc(C3CCCN3)n(-c3ccc(OC)c(F)c3)c(=O)c2c1. The van der Waals surface area contributed by atoms with Gasteiger partial charge in [-0.2, -0.15) is 0 Å². The van der Waals surface area contributed by atoms with E-state index in [1.54, 1.807) is 12.1 Å². The van der Waals surface area contributed by atoms with Gasteiger partial charge >= 0.3 is 0 Å². The zero-order valence-electron chi connectivity index (χ0n) is 20.2. The van der Waals surface area contributed by atoms with Gasteiger partial charge in [0.25, 0.3) is 5.56 Å². The molecule has 0 radical (unpaired) electrons. The van der Waals surface area contributed by atoms with Gasteiger partial charge in [0.15, 0.2) is 17.3 Å². The highest BCUT2D eigenvalue weighted by Crippen LogP contribution is 2.30. The van der Waals surface area contributed by atoms with E-state index in [2.05, 4.69) is 15.1 Å². The van der Waals surface area contributed by atoms with Crippen molar-refractivity contribution in [3.05, 3.63) is 98.9 Å². The first-order valence-corrected chi connectivity index (χ1v) is 11.9. The number of nitrogens with one attached hydrogen (secondary N) is 1. The van der Waals surface area contributed by atoms with Gasteiger partial charge in [0.1, 0.15) is 5.82 Å². The fraction of sp³-hybridized carbons (Fsp3) is 0.286. The minimum atomic E-state index is -0.561. The summed E-state index contributed by atoms with van der Waals surface area (Å²) in [4.78, 5) is 26.9. The van der Waals surface area contributed by atoms with E-state index in [0.29, 0.717) is 40.9 Å². The molecule has 0 aliphatic carbocycles. The van der Waals surface area contributed by atoms with Gasteiger partial charge in [-0.1, -0.05) is 12.1 Å². The Morgan fingerprint density at radius 3 is 2.75 bits per heavy atom. The number of hydrogen-bond donors (Lipinski definition) is 1. The molecule has 4 aromatic rings. The van der Waals surface area contributed by atoms with Crippen LogP contribution in [0.25, 0.3) is 21.4 Å². The molecule has 1 aliphatic rings. The highest BCUT2D eigenvalue weighted by molar-refractivity contribution is 5.85. The summed E-state index contributed by atoms with van der Waals surface area (Å²) in [5, 5.41) is 3.77. The van der Waals surface area contributed by atoms with E-state index in [4.69, 9.17) is 16.3 Å². The van der Waals surface area contributed by atoms with Crippen LogP contribution in [0.5, 0.6) is 5.75 Å².